The van der Waals surface area contributed by atoms with Gasteiger partial charge in [0.1, 0.15) is 0 Å². The molecule has 0 heterocycles. The highest BCUT2D eigenvalue weighted by Gasteiger charge is 2.11. The topological polar surface area (TPSA) is 15.3 Å². The number of anilines is 2. The highest BCUT2D eigenvalue weighted by atomic mass is 79.9. The van der Waals surface area contributed by atoms with E-state index in [0.717, 1.165) is 11.0 Å². The summed E-state index contributed by atoms with van der Waals surface area (Å²) in [5, 5.41) is 3.44. The Morgan fingerprint density at radius 3 is 2.57 bits per heavy atom. The Morgan fingerprint density at radius 2 is 1.95 bits per heavy atom. The molecule has 0 aliphatic rings. The Hall–Kier alpha value is -1.32. The van der Waals surface area contributed by atoms with Gasteiger partial charge in [-0.25, -0.2) is 0 Å². The Bertz CT molecular complexity index is 610. The largest absolute Gasteiger partial charge is 0.344 e. The second kappa shape index (κ2) is 7.10. The Labute approximate surface area is 136 Å². The summed E-state index contributed by atoms with van der Waals surface area (Å²) in [6.07, 6.45) is 0. The molecule has 1 unspecified atom stereocenters. The van der Waals surface area contributed by atoms with Crippen LogP contribution in [0.4, 0.5) is 11.4 Å². The molecule has 21 heavy (non-hydrogen) atoms. The molecule has 0 aliphatic heterocycles. The van der Waals surface area contributed by atoms with E-state index >= 15 is 0 Å². The van der Waals surface area contributed by atoms with Gasteiger partial charge in [0.2, 0.25) is 0 Å². The van der Waals surface area contributed by atoms with Crippen molar-refractivity contribution in [2.75, 3.05) is 18.5 Å². The lowest BCUT2D eigenvalue weighted by molar-refractivity contribution is 0.598. The summed E-state index contributed by atoms with van der Waals surface area (Å²) in [6.45, 7) is 7.41. The molecule has 0 saturated heterocycles. The number of hydrogen-bond acceptors (Lipinski definition) is 2. The van der Waals surface area contributed by atoms with E-state index in [0.29, 0.717) is 6.04 Å². The lowest BCUT2D eigenvalue weighted by atomic mass is 10.1. The van der Waals surface area contributed by atoms with E-state index in [4.69, 9.17) is 0 Å². The number of benzene rings is 2. The van der Waals surface area contributed by atoms with Crippen molar-refractivity contribution in [3.8, 4) is 0 Å². The van der Waals surface area contributed by atoms with Crippen LogP contribution in [-0.4, -0.2) is 13.6 Å². The summed E-state index contributed by atoms with van der Waals surface area (Å²) in [7, 11) is 2.10. The summed E-state index contributed by atoms with van der Waals surface area (Å²) in [6, 6.07) is 15.5. The Balaban J connectivity index is 2.28. The van der Waals surface area contributed by atoms with Gasteiger partial charge in [-0.2, -0.15) is 0 Å². The second-order valence-electron chi connectivity index (χ2n) is 5.39. The smallest absolute Gasteiger partial charge is 0.0552 e. The first kappa shape index (κ1) is 16.1. The first-order valence-electron chi connectivity index (χ1n) is 7.36. The van der Waals surface area contributed by atoms with Crippen LogP contribution in [0.5, 0.6) is 0 Å². The van der Waals surface area contributed by atoms with Gasteiger partial charge in [-0.15, -0.1) is 0 Å². The molecule has 0 saturated carbocycles. The number of nitrogens with zero attached hydrogens (tertiary/aromatic N) is 1. The zero-order chi connectivity index (χ0) is 15.4. The zero-order valence-electron chi connectivity index (χ0n) is 13.2. The van der Waals surface area contributed by atoms with Gasteiger partial charge in [0.25, 0.3) is 0 Å². The van der Waals surface area contributed by atoms with Gasteiger partial charge in [0.05, 0.1) is 5.69 Å². The predicted octanol–water partition coefficient (Wildman–Crippen LogP) is 5.20. The monoisotopic (exact) mass is 346 g/mol. The van der Waals surface area contributed by atoms with Crippen molar-refractivity contribution < 1.29 is 0 Å². The van der Waals surface area contributed by atoms with E-state index in [1.165, 1.54) is 22.5 Å². The highest BCUT2D eigenvalue weighted by molar-refractivity contribution is 9.10. The molecule has 0 aromatic heterocycles. The molecule has 2 aromatic rings. The minimum absolute atomic E-state index is 0.365. The fourth-order valence-corrected chi connectivity index (χ4v) is 3.13. The maximum absolute atomic E-state index is 3.71. The molecular weight excluding hydrogens is 324 g/mol. The second-order valence-corrected chi connectivity index (χ2v) is 6.24. The first-order valence-corrected chi connectivity index (χ1v) is 8.15. The molecule has 1 N–H and O–H groups in total. The van der Waals surface area contributed by atoms with Gasteiger partial charge < -0.3 is 10.2 Å². The van der Waals surface area contributed by atoms with Crippen LogP contribution in [0.2, 0.25) is 0 Å². The third kappa shape index (κ3) is 3.86. The zero-order valence-corrected chi connectivity index (χ0v) is 14.7. The van der Waals surface area contributed by atoms with E-state index in [1.54, 1.807) is 0 Å². The summed E-state index contributed by atoms with van der Waals surface area (Å²) >= 11 is 3.71. The fraction of sp³-hybridized carbons (Fsp3) is 0.333. The van der Waals surface area contributed by atoms with Crippen molar-refractivity contribution >= 4 is 27.3 Å². The van der Waals surface area contributed by atoms with Crippen LogP contribution in [0.1, 0.15) is 31.0 Å². The highest BCUT2D eigenvalue weighted by Crippen LogP contribution is 2.33. The Kier molecular flexibility index (Phi) is 5.43. The average molecular weight is 347 g/mol. The number of halogens is 1. The molecule has 0 fully saturated rings. The molecule has 0 radical (unpaired) electrons. The van der Waals surface area contributed by atoms with Crippen LogP contribution in [0, 0.1) is 6.92 Å². The van der Waals surface area contributed by atoms with Gasteiger partial charge in [0.15, 0.2) is 0 Å². The van der Waals surface area contributed by atoms with E-state index in [-0.39, 0.29) is 0 Å². The van der Waals surface area contributed by atoms with Crippen molar-refractivity contribution in [1.82, 2.24) is 5.32 Å². The number of aryl methyl sites for hydroxylation is 1. The van der Waals surface area contributed by atoms with Crippen LogP contribution < -0.4 is 10.2 Å². The molecule has 0 bridgehead atoms. The van der Waals surface area contributed by atoms with Gasteiger partial charge in [-0.3, -0.25) is 0 Å². The minimum Gasteiger partial charge on any atom is -0.344 e. The van der Waals surface area contributed by atoms with Crippen molar-refractivity contribution in [3.05, 3.63) is 58.1 Å². The molecule has 2 nitrogen and oxygen atoms in total. The number of rotatable bonds is 5. The van der Waals surface area contributed by atoms with E-state index < -0.39 is 0 Å². The van der Waals surface area contributed by atoms with Gasteiger partial charge in [-0.05, 0) is 71.7 Å². The molecular formula is C18H23BrN2. The van der Waals surface area contributed by atoms with Gasteiger partial charge >= 0.3 is 0 Å². The maximum Gasteiger partial charge on any atom is 0.0552 e. The number of nitrogens with one attached hydrogen (secondary N) is 1. The van der Waals surface area contributed by atoms with Gasteiger partial charge in [0, 0.05) is 23.2 Å². The molecule has 1 atom stereocenters. The van der Waals surface area contributed by atoms with Crippen molar-refractivity contribution in [2.24, 2.45) is 0 Å². The third-order valence-electron chi connectivity index (χ3n) is 3.73. The lowest BCUT2D eigenvalue weighted by Crippen LogP contribution is -2.18. The van der Waals surface area contributed by atoms with Crippen molar-refractivity contribution in [1.29, 1.82) is 0 Å². The van der Waals surface area contributed by atoms with Crippen LogP contribution >= 0.6 is 15.9 Å². The summed E-state index contributed by atoms with van der Waals surface area (Å²) in [5.41, 5.74) is 4.94. The number of hydrogen-bond donors (Lipinski definition) is 1. The quantitative estimate of drug-likeness (QED) is 0.800. The molecule has 0 aliphatic carbocycles. The van der Waals surface area contributed by atoms with Crippen LogP contribution in [-0.2, 0) is 0 Å². The van der Waals surface area contributed by atoms with E-state index in [1.807, 2.05) is 0 Å². The Morgan fingerprint density at radius 1 is 1.19 bits per heavy atom. The summed E-state index contributed by atoms with van der Waals surface area (Å²) in [5.74, 6) is 0. The fourth-order valence-electron chi connectivity index (χ4n) is 2.46. The molecule has 0 amide bonds. The molecule has 0 spiro atoms. The maximum atomic E-state index is 3.71. The van der Waals surface area contributed by atoms with Crippen molar-refractivity contribution in [2.45, 2.75) is 26.8 Å². The van der Waals surface area contributed by atoms with Crippen molar-refractivity contribution in [3.63, 3.8) is 0 Å². The molecule has 112 valence electrons. The SMILES string of the molecule is CCNC(C)c1ccc(N(C)c2cccc(C)c2)c(Br)c1. The normalized spacial score (nSPS) is 12.2. The molecule has 3 heteroatoms. The first-order chi connectivity index (χ1) is 10.0. The minimum atomic E-state index is 0.365. The summed E-state index contributed by atoms with van der Waals surface area (Å²) < 4.78 is 1.12. The average Bonchev–Trinajstić information content (AvgIpc) is 2.46. The van der Waals surface area contributed by atoms with Gasteiger partial charge in [-0.1, -0.05) is 25.1 Å². The van der Waals surface area contributed by atoms with E-state index in [9.17, 15) is 0 Å². The summed E-state index contributed by atoms with van der Waals surface area (Å²) in [4.78, 5) is 2.21. The molecule has 2 rings (SSSR count). The standard InChI is InChI=1S/C18H23BrN2/c1-5-20-14(3)15-9-10-18(17(19)12-15)21(4)16-8-6-7-13(2)11-16/h6-12,14,20H,5H2,1-4H3. The predicted molar refractivity (Wildman–Crippen MR) is 95.5 cm³/mol. The van der Waals surface area contributed by atoms with E-state index in [2.05, 4.69) is 96.4 Å². The lowest BCUT2D eigenvalue weighted by Gasteiger charge is -2.23. The third-order valence-corrected chi connectivity index (χ3v) is 4.37. The van der Waals surface area contributed by atoms with Crippen LogP contribution in [0.15, 0.2) is 46.9 Å². The molecule has 2 aromatic carbocycles. The van der Waals surface area contributed by atoms with Crippen LogP contribution in [0.25, 0.3) is 0 Å². The van der Waals surface area contributed by atoms with Crippen LogP contribution in [0.3, 0.4) is 0 Å².